The number of nitrogens with one attached hydrogen (secondary N) is 1. The summed E-state index contributed by atoms with van der Waals surface area (Å²) < 4.78 is 20.3. The molecule has 5 heteroatoms. The van der Waals surface area contributed by atoms with Crippen LogP contribution in [0.3, 0.4) is 0 Å². The molecule has 2 rings (SSSR count). The van der Waals surface area contributed by atoms with Crippen LogP contribution in [-0.4, -0.2) is 16.9 Å². The van der Waals surface area contributed by atoms with Gasteiger partial charge >= 0.3 is 0 Å². The van der Waals surface area contributed by atoms with Crippen LogP contribution in [0.2, 0.25) is 0 Å². The summed E-state index contributed by atoms with van der Waals surface area (Å²) in [5, 5.41) is 7.58. The first-order valence-electron chi connectivity index (χ1n) is 6.11. The number of hydrogen-bond donors (Lipinski definition) is 1. The van der Waals surface area contributed by atoms with Gasteiger partial charge in [0.1, 0.15) is 0 Å². The highest BCUT2D eigenvalue weighted by atomic mass is 19.1. The van der Waals surface area contributed by atoms with Crippen molar-refractivity contribution in [1.82, 2.24) is 9.78 Å². The molecule has 0 fully saturated rings. The minimum atomic E-state index is -0.350. The molecule has 0 radical (unpaired) electrons. The van der Waals surface area contributed by atoms with Crippen LogP contribution >= 0.6 is 0 Å². The number of methoxy groups -OCH3 is 1. The fourth-order valence-electron chi connectivity index (χ4n) is 2.01. The van der Waals surface area contributed by atoms with E-state index in [2.05, 4.69) is 10.4 Å². The lowest BCUT2D eigenvalue weighted by atomic mass is 10.1. The van der Waals surface area contributed by atoms with E-state index < -0.39 is 0 Å². The number of aromatic nitrogens is 2. The Morgan fingerprint density at radius 3 is 2.68 bits per heavy atom. The maximum absolute atomic E-state index is 13.7. The molecule has 1 aromatic carbocycles. The van der Waals surface area contributed by atoms with Crippen LogP contribution in [0.25, 0.3) is 0 Å². The van der Waals surface area contributed by atoms with E-state index in [0.717, 1.165) is 16.9 Å². The van der Waals surface area contributed by atoms with Crippen molar-refractivity contribution in [2.75, 3.05) is 12.4 Å². The minimum absolute atomic E-state index is 0.0108. The van der Waals surface area contributed by atoms with E-state index >= 15 is 0 Å². The molecule has 1 unspecified atom stereocenters. The molecule has 0 aliphatic rings. The van der Waals surface area contributed by atoms with Gasteiger partial charge in [-0.2, -0.15) is 5.10 Å². The summed E-state index contributed by atoms with van der Waals surface area (Å²) in [6.45, 7) is 3.91. The van der Waals surface area contributed by atoms with E-state index in [1.54, 1.807) is 10.7 Å². The van der Waals surface area contributed by atoms with E-state index in [0.29, 0.717) is 0 Å². The number of halogens is 1. The third-order valence-corrected chi connectivity index (χ3v) is 3.06. The van der Waals surface area contributed by atoms with Crippen LogP contribution in [0.1, 0.15) is 24.2 Å². The number of ether oxygens (including phenoxy) is 1. The molecule has 102 valence electrons. The average molecular weight is 263 g/mol. The number of aryl methyl sites for hydroxylation is 2. The fraction of sp³-hybridized carbons (Fsp3) is 0.357. The number of anilines is 1. The van der Waals surface area contributed by atoms with Gasteiger partial charge in [-0.05, 0) is 31.5 Å². The van der Waals surface area contributed by atoms with Crippen LogP contribution in [0.4, 0.5) is 10.1 Å². The molecule has 19 heavy (non-hydrogen) atoms. The van der Waals surface area contributed by atoms with Gasteiger partial charge in [0.25, 0.3) is 0 Å². The SMILES string of the molecule is COc1ccc(C(C)Nc2cn(C)nc2C)cc1F. The summed E-state index contributed by atoms with van der Waals surface area (Å²) in [6.07, 6.45) is 1.91. The molecule has 0 aliphatic heterocycles. The summed E-state index contributed by atoms with van der Waals surface area (Å²) in [6, 6.07) is 4.97. The Balaban J connectivity index is 2.18. The Hall–Kier alpha value is -2.04. The van der Waals surface area contributed by atoms with Crippen LogP contribution in [0, 0.1) is 12.7 Å². The first-order valence-corrected chi connectivity index (χ1v) is 6.11. The molecular formula is C14H18FN3O. The maximum Gasteiger partial charge on any atom is 0.165 e. The molecule has 1 heterocycles. The van der Waals surface area contributed by atoms with E-state index in [1.807, 2.05) is 33.2 Å². The Bertz CT molecular complexity index is 580. The van der Waals surface area contributed by atoms with Crippen molar-refractivity contribution < 1.29 is 9.13 Å². The number of hydrogen-bond acceptors (Lipinski definition) is 3. The van der Waals surface area contributed by atoms with Gasteiger partial charge in [-0.3, -0.25) is 4.68 Å². The highest BCUT2D eigenvalue weighted by Crippen LogP contribution is 2.25. The van der Waals surface area contributed by atoms with E-state index in [4.69, 9.17) is 4.74 Å². The minimum Gasteiger partial charge on any atom is -0.494 e. The second kappa shape index (κ2) is 5.30. The fourth-order valence-corrected chi connectivity index (χ4v) is 2.01. The Labute approximate surface area is 112 Å². The second-order valence-corrected chi connectivity index (χ2v) is 4.56. The van der Waals surface area contributed by atoms with E-state index in [1.165, 1.54) is 13.2 Å². The first kappa shape index (κ1) is 13.4. The third kappa shape index (κ3) is 2.86. The smallest absolute Gasteiger partial charge is 0.165 e. The molecule has 0 aliphatic carbocycles. The molecule has 0 spiro atoms. The highest BCUT2D eigenvalue weighted by molar-refractivity contribution is 5.48. The van der Waals surface area contributed by atoms with Crippen molar-refractivity contribution in [3.8, 4) is 5.75 Å². The average Bonchev–Trinajstić information content (AvgIpc) is 2.67. The van der Waals surface area contributed by atoms with Gasteiger partial charge in [0.2, 0.25) is 0 Å². The lowest BCUT2D eigenvalue weighted by Gasteiger charge is -2.15. The summed E-state index contributed by atoms with van der Waals surface area (Å²) in [5.41, 5.74) is 2.73. The molecule has 1 N–H and O–H groups in total. The van der Waals surface area contributed by atoms with Gasteiger partial charge in [-0.15, -0.1) is 0 Å². The Kier molecular flexibility index (Phi) is 3.74. The standard InChI is InChI=1S/C14H18FN3O/c1-9(16-13-8-18(3)17-10(13)2)11-5-6-14(19-4)12(15)7-11/h5-9,16H,1-4H3. The van der Waals surface area contributed by atoms with Gasteiger partial charge in [0.15, 0.2) is 11.6 Å². The van der Waals surface area contributed by atoms with Crippen molar-refractivity contribution in [2.24, 2.45) is 7.05 Å². The lowest BCUT2D eigenvalue weighted by Crippen LogP contribution is -2.07. The molecule has 0 amide bonds. The zero-order valence-corrected chi connectivity index (χ0v) is 11.6. The van der Waals surface area contributed by atoms with E-state index in [9.17, 15) is 4.39 Å². The largest absolute Gasteiger partial charge is 0.494 e. The second-order valence-electron chi connectivity index (χ2n) is 4.56. The van der Waals surface area contributed by atoms with Gasteiger partial charge in [0.05, 0.1) is 18.5 Å². The third-order valence-electron chi connectivity index (χ3n) is 3.06. The van der Waals surface area contributed by atoms with E-state index in [-0.39, 0.29) is 17.6 Å². The number of benzene rings is 1. The zero-order chi connectivity index (χ0) is 14.0. The molecule has 1 aromatic heterocycles. The van der Waals surface area contributed by atoms with Crippen molar-refractivity contribution in [3.05, 3.63) is 41.5 Å². The quantitative estimate of drug-likeness (QED) is 0.921. The normalized spacial score (nSPS) is 12.3. The molecule has 4 nitrogen and oxygen atoms in total. The van der Waals surface area contributed by atoms with Gasteiger partial charge in [0, 0.05) is 19.3 Å². The van der Waals surface area contributed by atoms with Crippen molar-refractivity contribution >= 4 is 5.69 Å². The summed E-state index contributed by atoms with van der Waals surface area (Å²) in [5.74, 6) is -0.0925. The van der Waals surface area contributed by atoms with Crippen molar-refractivity contribution in [3.63, 3.8) is 0 Å². The molecule has 1 atom stereocenters. The first-order chi connectivity index (χ1) is 9.01. The molecule has 0 saturated carbocycles. The van der Waals surface area contributed by atoms with Crippen LogP contribution in [0.5, 0.6) is 5.75 Å². The molecule has 0 bridgehead atoms. The highest BCUT2D eigenvalue weighted by Gasteiger charge is 2.11. The van der Waals surface area contributed by atoms with Crippen molar-refractivity contribution in [2.45, 2.75) is 19.9 Å². The van der Waals surface area contributed by atoms with Gasteiger partial charge < -0.3 is 10.1 Å². The van der Waals surface area contributed by atoms with Crippen molar-refractivity contribution in [1.29, 1.82) is 0 Å². The predicted molar refractivity (Wildman–Crippen MR) is 72.9 cm³/mol. The summed E-state index contributed by atoms with van der Waals surface area (Å²) in [7, 11) is 3.33. The molecular weight excluding hydrogens is 245 g/mol. The molecule has 0 saturated heterocycles. The van der Waals surface area contributed by atoms with Crippen LogP contribution in [-0.2, 0) is 7.05 Å². The predicted octanol–water partition coefficient (Wildman–Crippen LogP) is 3.05. The summed E-state index contributed by atoms with van der Waals surface area (Å²) in [4.78, 5) is 0. The molecule has 2 aromatic rings. The topological polar surface area (TPSA) is 39.1 Å². The summed E-state index contributed by atoms with van der Waals surface area (Å²) >= 11 is 0. The number of rotatable bonds is 4. The Morgan fingerprint density at radius 1 is 1.42 bits per heavy atom. The van der Waals surface area contributed by atoms with Crippen LogP contribution < -0.4 is 10.1 Å². The van der Waals surface area contributed by atoms with Gasteiger partial charge in [-0.1, -0.05) is 6.07 Å². The Morgan fingerprint density at radius 2 is 2.16 bits per heavy atom. The number of nitrogens with zero attached hydrogens (tertiary/aromatic N) is 2. The van der Waals surface area contributed by atoms with Gasteiger partial charge in [-0.25, -0.2) is 4.39 Å². The monoisotopic (exact) mass is 263 g/mol. The van der Waals surface area contributed by atoms with Crippen LogP contribution in [0.15, 0.2) is 24.4 Å². The zero-order valence-electron chi connectivity index (χ0n) is 11.6. The maximum atomic E-state index is 13.7. The lowest BCUT2D eigenvalue weighted by molar-refractivity contribution is 0.386.